The largest absolute Gasteiger partial charge is 0.495 e. The minimum absolute atomic E-state index is 0.283. The first-order valence-electron chi connectivity index (χ1n) is 9.14. The fraction of sp³-hybridized carbons (Fsp3) is 0.227. The number of amides is 1. The predicted octanol–water partition coefficient (Wildman–Crippen LogP) is 4.51. The van der Waals surface area contributed by atoms with Crippen LogP contribution in [0.2, 0.25) is 0 Å². The van der Waals surface area contributed by atoms with Crippen molar-refractivity contribution >= 4 is 23.2 Å². The van der Waals surface area contributed by atoms with Gasteiger partial charge in [0.1, 0.15) is 5.75 Å². The number of hydrogen-bond donors (Lipinski definition) is 1. The normalized spacial score (nSPS) is 10.4. The first-order valence-corrected chi connectivity index (χ1v) is 9.14. The van der Waals surface area contributed by atoms with Crippen LogP contribution in [-0.2, 0) is 0 Å². The smallest absolute Gasteiger partial charge is 0.258 e. The summed E-state index contributed by atoms with van der Waals surface area (Å²) in [6.07, 6.45) is 3.08. The second-order valence-electron chi connectivity index (χ2n) is 6.51. The van der Waals surface area contributed by atoms with Gasteiger partial charge in [0.25, 0.3) is 5.91 Å². The van der Waals surface area contributed by atoms with Crippen molar-refractivity contribution in [2.75, 3.05) is 23.9 Å². The second kappa shape index (κ2) is 8.52. The van der Waals surface area contributed by atoms with Gasteiger partial charge >= 0.3 is 0 Å². The van der Waals surface area contributed by atoms with Crippen LogP contribution in [0.5, 0.6) is 5.75 Å². The Morgan fingerprint density at radius 3 is 2.43 bits per heavy atom. The summed E-state index contributed by atoms with van der Waals surface area (Å²) in [5.41, 5.74) is 4.21. The van der Waals surface area contributed by atoms with E-state index >= 15 is 0 Å². The topological polar surface area (TPSA) is 67.4 Å². The van der Waals surface area contributed by atoms with Crippen molar-refractivity contribution in [3.63, 3.8) is 0 Å². The van der Waals surface area contributed by atoms with Crippen LogP contribution >= 0.6 is 0 Å². The lowest BCUT2D eigenvalue weighted by Gasteiger charge is -2.21. The van der Waals surface area contributed by atoms with Gasteiger partial charge in [0.2, 0.25) is 5.95 Å². The monoisotopic (exact) mass is 376 g/mol. The fourth-order valence-corrected chi connectivity index (χ4v) is 2.93. The highest BCUT2D eigenvalue weighted by molar-refractivity contribution is 6.04. The molecule has 28 heavy (non-hydrogen) atoms. The van der Waals surface area contributed by atoms with E-state index in [4.69, 9.17) is 4.74 Å². The maximum atomic E-state index is 12.6. The molecule has 0 saturated carbocycles. The van der Waals surface area contributed by atoms with Crippen LogP contribution < -0.4 is 15.0 Å². The summed E-state index contributed by atoms with van der Waals surface area (Å²) < 4.78 is 5.31. The van der Waals surface area contributed by atoms with Gasteiger partial charge in [-0.3, -0.25) is 4.79 Å². The number of carbonyl (C=O) groups excluding carboxylic acids is 1. The lowest BCUT2D eigenvalue weighted by atomic mass is 10.2. The molecule has 1 heterocycles. The molecule has 0 atom stereocenters. The Morgan fingerprint density at radius 2 is 1.79 bits per heavy atom. The van der Waals surface area contributed by atoms with Crippen molar-refractivity contribution in [1.82, 2.24) is 9.97 Å². The van der Waals surface area contributed by atoms with E-state index in [0.29, 0.717) is 22.9 Å². The van der Waals surface area contributed by atoms with Crippen LogP contribution in [0.15, 0.2) is 54.9 Å². The molecule has 0 unspecified atom stereocenters. The van der Waals surface area contributed by atoms with E-state index in [1.807, 2.05) is 62.1 Å². The molecular weight excluding hydrogens is 352 g/mol. The molecule has 1 N–H and O–H groups in total. The molecule has 0 radical (unpaired) electrons. The van der Waals surface area contributed by atoms with E-state index in [1.165, 1.54) is 5.56 Å². The van der Waals surface area contributed by atoms with Crippen LogP contribution in [0.1, 0.15) is 28.4 Å². The van der Waals surface area contributed by atoms with E-state index in [2.05, 4.69) is 21.4 Å². The number of hydrogen-bond acceptors (Lipinski definition) is 5. The van der Waals surface area contributed by atoms with Crippen LogP contribution in [0.4, 0.5) is 17.3 Å². The van der Waals surface area contributed by atoms with E-state index < -0.39 is 0 Å². The van der Waals surface area contributed by atoms with Crippen molar-refractivity contribution in [2.24, 2.45) is 0 Å². The molecule has 3 rings (SSSR count). The van der Waals surface area contributed by atoms with E-state index in [1.54, 1.807) is 19.5 Å². The zero-order chi connectivity index (χ0) is 20.1. The number of rotatable bonds is 6. The molecule has 1 aromatic heterocycles. The number of aromatic nitrogens is 2. The fourth-order valence-electron chi connectivity index (χ4n) is 2.93. The molecule has 0 fully saturated rings. The first-order chi connectivity index (χ1) is 13.5. The van der Waals surface area contributed by atoms with Crippen molar-refractivity contribution in [2.45, 2.75) is 20.8 Å². The van der Waals surface area contributed by atoms with Gasteiger partial charge in [0.05, 0.1) is 18.4 Å². The van der Waals surface area contributed by atoms with Gasteiger partial charge in [-0.1, -0.05) is 18.2 Å². The lowest BCUT2D eigenvalue weighted by molar-refractivity contribution is 0.102. The number of carbonyl (C=O) groups is 1. The predicted molar refractivity (Wildman–Crippen MR) is 112 cm³/mol. The summed E-state index contributed by atoms with van der Waals surface area (Å²) in [4.78, 5) is 23.4. The molecule has 2 aromatic carbocycles. The Labute approximate surface area is 165 Å². The molecule has 0 aliphatic rings. The second-order valence-corrected chi connectivity index (χ2v) is 6.51. The Balaban J connectivity index is 1.80. The van der Waals surface area contributed by atoms with Crippen LogP contribution in [-0.4, -0.2) is 29.5 Å². The molecule has 1 amide bonds. The van der Waals surface area contributed by atoms with E-state index in [9.17, 15) is 4.79 Å². The molecule has 6 nitrogen and oxygen atoms in total. The molecule has 0 spiro atoms. The van der Waals surface area contributed by atoms with Crippen LogP contribution in [0, 0.1) is 13.8 Å². The highest BCUT2D eigenvalue weighted by atomic mass is 16.5. The standard InChI is InChI=1S/C22H24N4O2/c1-5-26(18-8-6-7-15(2)11-18)22-23-13-17(14-24-22)21(27)25-19-12-16(3)9-10-20(19)28-4/h6-14H,5H2,1-4H3,(H,25,27). The molecule has 0 saturated heterocycles. The molecule has 144 valence electrons. The summed E-state index contributed by atoms with van der Waals surface area (Å²) in [6, 6.07) is 13.8. The van der Waals surface area contributed by atoms with Gasteiger partial charge in [-0.25, -0.2) is 9.97 Å². The van der Waals surface area contributed by atoms with E-state index in [-0.39, 0.29) is 5.91 Å². The summed E-state index contributed by atoms with van der Waals surface area (Å²) in [5, 5.41) is 2.86. The zero-order valence-corrected chi connectivity index (χ0v) is 16.6. The van der Waals surface area contributed by atoms with Crippen molar-refractivity contribution in [3.8, 4) is 5.75 Å². The Kier molecular flexibility index (Phi) is 5.89. The summed E-state index contributed by atoms with van der Waals surface area (Å²) in [7, 11) is 1.57. The number of methoxy groups -OCH3 is 1. The minimum atomic E-state index is -0.283. The van der Waals surface area contributed by atoms with Crippen LogP contribution in [0.3, 0.4) is 0 Å². The van der Waals surface area contributed by atoms with Gasteiger partial charge in [-0.15, -0.1) is 0 Å². The number of aryl methyl sites for hydroxylation is 2. The average molecular weight is 376 g/mol. The number of nitrogens with zero attached hydrogens (tertiary/aromatic N) is 3. The van der Waals surface area contributed by atoms with Crippen molar-refractivity contribution in [1.29, 1.82) is 0 Å². The van der Waals surface area contributed by atoms with Crippen LogP contribution in [0.25, 0.3) is 0 Å². The third-order valence-electron chi connectivity index (χ3n) is 4.37. The quantitative estimate of drug-likeness (QED) is 0.685. The molecule has 3 aromatic rings. The first kappa shape index (κ1) is 19.4. The number of nitrogens with one attached hydrogen (secondary N) is 1. The SMILES string of the molecule is CCN(c1cccc(C)c1)c1ncc(C(=O)Nc2cc(C)ccc2OC)cn1. The maximum absolute atomic E-state index is 12.6. The summed E-state index contributed by atoms with van der Waals surface area (Å²) in [5.74, 6) is 0.875. The van der Waals surface area contributed by atoms with E-state index in [0.717, 1.165) is 17.8 Å². The summed E-state index contributed by atoms with van der Waals surface area (Å²) in [6.45, 7) is 6.76. The third-order valence-corrected chi connectivity index (χ3v) is 4.37. The highest BCUT2D eigenvalue weighted by Gasteiger charge is 2.14. The number of ether oxygens (including phenoxy) is 1. The zero-order valence-electron chi connectivity index (χ0n) is 16.6. The molecule has 0 bridgehead atoms. The van der Waals surface area contributed by atoms with Gasteiger partial charge < -0.3 is 15.0 Å². The minimum Gasteiger partial charge on any atom is -0.495 e. The Bertz CT molecular complexity index is 971. The van der Waals surface area contributed by atoms with Gasteiger partial charge in [0.15, 0.2) is 0 Å². The van der Waals surface area contributed by atoms with Crippen molar-refractivity contribution < 1.29 is 9.53 Å². The van der Waals surface area contributed by atoms with Gasteiger partial charge in [-0.05, 0) is 56.2 Å². The molecular formula is C22H24N4O2. The lowest BCUT2D eigenvalue weighted by Crippen LogP contribution is -2.20. The Morgan fingerprint density at radius 1 is 1.07 bits per heavy atom. The molecule has 6 heteroatoms. The highest BCUT2D eigenvalue weighted by Crippen LogP contribution is 2.26. The Hall–Kier alpha value is -3.41. The molecule has 0 aliphatic heterocycles. The maximum Gasteiger partial charge on any atom is 0.258 e. The van der Waals surface area contributed by atoms with Crippen molar-refractivity contribution in [3.05, 3.63) is 71.5 Å². The molecule has 0 aliphatic carbocycles. The number of benzene rings is 2. The van der Waals surface area contributed by atoms with Gasteiger partial charge in [0, 0.05) is 24.6 Å². The third kappa shape index (κ3) is 4.28. The van der Waals surface area contributed by atoms with Gasteiger partial charge in [-0.2, -0.15) is 0 Å². The average Bonchev–Trinajstić information content (AvgIpc) is 2.69. The number of anilines is 3. The summed E-state index contributed by atoms with van der Waals surface area (Å²) >= 11 is 0.